The molecular weight excluding hydrogens is 248 g/mol. The van der Waals surface area contributed by atoms with Gasteiger partial charge in [0.05, 0.1) is 6.20 Å². The number of hydrogen-bond acceptors (Lipinski definition) is 2. The summed E-state index contributed by atoms with van der Waals surface area (Å²) in [6, 6.07) is 0. The molecule has 0 saturated carbocycles. The third kappa shape index (κ3) is 2.57. The Balaban J connectivity index is 2.74. The Kier molecular flexibility index (Phi) is 3.69. The highest BCUT2D eigenvalue weighted by Crippen LogP contribution is 2.17. The van der Waals surface area contributed by atoms with Crippen molar-refractivity contribution in [2.45, 2.75) is 26.8 Å². The molecule has 1 heterocycles. The van der Waals surface area contributed by atoms with E-state index in [1.54, 1.807) is 4.68 Å². The quantitative estimate of drug-likeness (QED) is 0.905. The molecule has 14 heavy (non-hydrogen) atoms. The van der Waals surface area contributed by atoms with E-state index in [9.17, 15) is 4.79 Å². The maximum absolute atomic E-state index is 10.7. The average molecular weight is 261 g/mol. The number of carboxylic acids is 1. The highest BCUT2D eigenvalue weighted by Gasteiger charge is 2.13. The topological polar surface area (TPSA) is 55.1 Å². The largest absolute Gasteiger partial charge is 0.478 e. The van der Waals surface area contributed by atoms with Gasteiger partial charge in [-0.05, 0) is 28.3 Å². The summed E-state index contributed by atoms with van der Waals surface area (Å²) >= 11 is 3.22. The highest BCUT2D eigenvalue weighted by molar-refractivity contribution is 9.10. The number of rotatable bonds is 4. The third-order valence-corrected chi connectivity index (χ3v) is 2.76. The van der Waals surface area contributed by atoms with E-state index in [1.165, 1.54) is 6.20 Å². The van der Waals surface area contributed by atoms with Crippen molar-refractivity contribution in [3.8, 4) is 0 Å². The molecule has 4 nitrogen and oxygen atoms in total. The molecule has 0 aliphatic rings. The number of halogens is 1. The monoisotopic (exact) mass is 260 g/mol. The van der Waals surface area contributed by atoms with Crippen LogP contribution in [0.4, 0.5) is 0 Å². The van der Waals surface area contributed by atoms with Gasteiger partial charge in [-0.2, -0.15) is 5.10 Å². The van der Waals surface area contributed by atoms with Gasteiger partial charge in [-0.1, -0.05) is 13.8 Å². The van der Waals surface area contributed by atoms with Crippen LogP contribution in [-0.4, -0.2) is 20.9 Å². The summed E-state index contributed by atoms with van der Waals surface area (Å²) in [7, 11) is 0. The van der Waals surface area contributed by atoms with Crippen molar-refractivity contribution in [3.63, 3.8) is 0 Å². The first kappa shape index (κ1) is 11.2. The summed E-state index contributed by atoms with van der Waals surface area (Å²) in [5.74, 6) is -0.368. The van der Waals surface area contributed by atoms with Gasteiger partial charge in [0.2, 0.25) is 0 Å². The fraction of sp³-hybridized carbons (Fsp3) is 0.556. The van der Waals surface area contributed by atoms with Crippen LogP contribution in [0.1, 0.15) is 30.6 Å². The smallest absolute Gasteiger partial charge is 0.340 e. The maximum atomic E-state index is 10.7. The van der Waals surface area contributed by atoms with E-state index in [1.807, 2.05) is 0 Å². The molecule has 0 aromatic carbocycles. The first-order chi connectivity index (χ1) is 6.52. The molecule has 1 N–H and O–H groups in total. The van der Waals surface area contributed by atoms with Crippen LogP contribution in [0.3, 0.4) is 0 Å². The molecule has 0 saturated heterocycles. The van der Waals surface area contributed by atoms with E-state index in [-0.39, 0.29) is 5.56 Å². The molecule has 1 aromatic rings. The van der Waals surface area contributed by atoms with Gasteiger partial charge in [0.25, 0.3) is 0 Å². The minimum Gasteiger partial charge on any atom is -0.478 e. The van der Waals surface area contributed by atoms with Crippen molar-refractivity contribution in [1.82, 2.24) is 9.78 Å². The Morgan fingerprint density at radius 2 is 2.36 bits per heavy atom. The number of aromatic carboxylic acids is 1. The summed E-state index contributed by atoms with van der Waals surface area (Å²) in [5, 5.41) is 12.8. The molecule has 0 atom stereocenters. The van der Waals surface area contributed by atoms with Gasteiger partial charge in [-0.25, -0.2) is 4.79 Å². The van der Waals surface area contributed by atoms with Crippen molar-refractivity contribution >= 4 is 21.9 Å². The summed E-state index contributed by atoms with van der Waals surface area (Å²) in [5.41, 5.74) is 0.216. The number of aromatic nitrogens is 2. The van der Waals surface area contributed by atoms with Crippen LogP contribution < -0.4 is 0 Å². The Labute approximate surface area is 91.1 Å². The van der Waals surface area contributed by atoms with E-state index in [0.29, 0.717) is 10.5 Å². The lowest BCUT2D eigenvalue weighted by molar-refractivity contribution is 0.0695. The van der Waals surface area contributed by atoms with Crippen LogP contribution in [-0.2, 0) is 6.54 Å². The number of aryl methyl sites for hydroxylation is 1. The lowest BCUT2D eigenvalue weighted by Crippen LogP contribution is -2.04. The number of nitrogens with zero attached hydrogens (tertiary/aromatic N) is 2. The lowest BCUT2D eigenvalue weighted by atomic mass is 10.1. The molecule has 78 valence electrons. The Morgan fingerprint density at radius 1 is 1.71 bits per heavy atom. The lowest BCUT2D eigenvalue weighted by Gasteiger charge is -2.05. The SMILES string of the molecule is CC(C)CCn1ncc(C(=O)O)c1Br. The Morgan fingerprint density at radius 3 is 2.79 bits per heavy atom. The highest BCUT2D eigenvalue weighted by atomic mass is 79.9. The Hall–Kier alpha value is -0.840. The fourth-order valence-corrected chi connectivity index (χ4v) is 1.59. The normalized spacial score (nSPS) is 10.9. The molecule has 1 rings (SSSR count). The molecule has 0 aliphatic heterocycles. The molecule has 0 spiro atoms. The van der Waals surface area contributed by atoms with Crippen molar-refractivity contribution in [1.29, 1.82) is 0 Å². The van der Waals surface area contributed by atoms with Gasteiger partial charge in [-0.15, -0.1) is 0 Å². The molecule has 0 fully saturated rings. The standard InChI is InChI=1S/C9H13BrN2O2/c1-6(2)3-4-12-8(10)7(5-11-12)9(13)14/h5-6H,3-4H2,1-2H3,(H,13,14). The van der Waals surface area contributed by atoms with E-state index in [4.69, 9.17) is 5.11 Å². The van der Waals surface area contributed by atoms with Crippen molar-refractivity contribution in [3.05, 3.63) is 16.4 Å². The van der Waals surface area contributed by atoms with Crippen LogP contribution in [0.15, 0.2) is 10.8 Å². The molecule has 0 aliphatic carbocycles. The number of hydrogen-bond donors (Lipinski definition) is 1. The van der Waals surface area contributed by atoms with Crippen LogP contribution in [0.25, 0.3) is 0 Å². The summed E-state index contributed by atoms with van der Waals surface area (Å²) in [4.78, 5) is 10.7. The van der Waals surface area contributed by atoms with Crippen molar-refractivity contribution < 1.29 is 9.90 Å². The first-order valence-corrected chi connectivity index (χ1v) is 5.26. The minimum atomic E-state index is -0.951. The van der Waals surface area contributed by atoms with E-state index >= 15 is 0 Å². The van der Waals surface area contributed by atoms with Gasteiger partial charge < -0.3 is 5.11 Å². The van der Waals surface area contributed by atoms with Gasteiger partial charge in [0.1, 0.15) is 10.2 Å². The van der Waals surface area contributed by atoms with Crippen LogP contribution in [0, 0.1) is 5.92 Å². The van der Waals surface area contributed by atoms with Crippen molar-refractivity contribution in [2.24, 2.45) is 5.92 Å². The predicted molar refractivity (Wildman–Crippen MR) is 56.3 cm³/mol. The summed E-state index contributed by atoms with van der Waals surface area (Å²) in [6.45, 7) is 4.98. The number of carbonyl (C=O) groups is 1. The van der Waals surface area contributed by atoms with Crippen LogP contribution >= 0.6 is 15.9 Å². The average Bonchev–Trinajstić information content (AvgIpc) is 2.43. The first-order valence-electron chi connectivity index (χ1n) is 4.47. The molecule has 0 radical (unpaired) electrons. The molecule has 0 unspecified atom stereocenters. The van der Waals surface area contributed by atoms with Crippen LogP contribution in [0.5, 0.6) is 0 Å². The van der Waals surface area contributed by atoms with Gasteiger partial charge in [0.15, 0.2) is 0 Å². The molecule has 0 bridgehead atoms. The van der Waals surface area contributed by atoms with Crippen LogP contribution in [0.2, 0.25) is 0 Å². The summed E-state index contributed by atoms with van der Waals surface area (Å²) < 4.78 is 2.22. The molecule has 5 heteroatoms. The number of carboxylic acid groups (broad SMARTS) is 1. The van der Waals surface area contributed by atoms with E-state index in [2.05, 4.69) is 34.9 Å². The minimum absolute atomic E-state index is 0.216. The molecular formula is C9H13BrN2O2. The maximum Gasteiger partial charge on any atom is 0.340 e. The second-order valence-electron chi connectivity index (χ2n) is 3.56. The van der Waals surface area contributed by atoms with Gasteiger partial charge in [0, 0.05) is 6.54 Å². The van der Waals surface area contributed by atoms with Gasteiger partial charge in [-0.3, -0.25) is 4.68 Å². The zero-order valence-corrected chi connectivity index (χ0v) is 9.78. The second-order valence-corrected chi connectivity index (χ2v) is 4.31. The third-order valence-electron chi connectivity index (χ3n) is 1.92. The zero-order valence-electron chi connectivity index (χ0n) is 8.20. The zero-order chi connectivity index (χ0) is 10.7. The Bertz CT molecular complexity index is 334. The second kappa shape index (κ2) is 4.59. The molecule has 1 aromatic heterocycles. The predicted octanol–water partition coefficient (Wildman–Crippen LogP) is 2.39. The summed E-state index contributed by atoms with van der Waals surface area (Å²) in [6.07, 6.45) is 2.35. The van der Waals surface area contributed by atoms with E-state index in [0.717, 1.165) is 13.0 Å². The fourth-order valence-electron chi connectivity index (χ4n) is 1.05. The van der Waals surface area contributed by atoms with Crippen molar-refractivity contribution in [2.75, 3.05) is 0 Å². The molecule has 0 amide bonds. The van der Waals surface area contributed by atoms with Gasteiger partial charge >= 0.3 is 5.97 Å². The van der Waals surface area contributed by atoms with E-state index < -0.39 is 5.97 Å².